The van der Waals surface area contributed by atoms with Crippen LogP contribution in [0.1, 0.15) is 15.3 Å². The Bertz CT molecular complexity index is 1070. The van der Waals surface area contributed by atoms with Crippen LogP contribution in [-0.2, 0) is 17.9 Å². The number of hydrogen-bond acceptors (Lipinski definition) is 3. The fourth-order valence-corrected chi connectivity index (χ4v) is 4.11. The number of thiophene rings is 1. The number of nitrogens with one attached hydrogen (secondary N) is 1. The summed E-state index contributed by atoms with van der Waals surface area (Å²) in [6.07, 6.45) is 1.56. The van der Waals surface area contributed by atoms with E-state index in [2.05, 4.69) is 11.9 Å². The molecule has 0 spiro atoms. The molecule has 0 fully saturated rings. The van der Waals surface area contributed by atoms with Crippen molar-refractivity contribution in [2.45, 2.75) is 20.0 Å². The number of carbonyl (C=O) groups excluding carboxylic acids is 2. The molecule has 5 nitrogen and oxygen atoms in total. The van der Waals surface area contributed by atoms with E-state index in [-0.39, 0.29) is 19.0 Å². The Morgan fingerprint density at radius 3 is 2.47 bits per heavy atom. The topological polar surface area (TPSA) is 52.7 Å². The van der Waals surface area contributed by atoms with Crippen molar-refractivity contribution in [1.29, 1.82) is 0 Å². The van der Waals surface area contributed by atoms with Crippen molar-refractivity contribution in [1.82, 2.24) is 9.80 Å². The van der Waals surface area contributed by atoms with Crippen molar-refractivity contribution < 1.29 is 14.0 Å². The summed E-state index contributed by atoms with van der Waals surface area (Å²) in [7, 11) is 0. The van der Waals surface area contributed by atoms with Crippen LogP contribution in [0.5, 0.6) is 0 Å². The van der Waals surface area contributed by atoms with Crippen LogP contribution in [0.15, 0.2) is 79.4 Å². The van der Waals surface area contributed by atoms with E-state index in [1.54, 1.807) is 28.4 Å². The molecule has 166 valence electrons. The number of benzene rings is 2. The maximum absolute atomic E-state index is 13.5. The van der Waals surface area contributed by atoms with Crippen molar-refractivity contribution in [2.24, 2.45) is 0 Å². The van der Waals surface area contributed by atoms with Gasteiger partial charge in [-0.2, -0.15) is 0 Å². The summed E-state index contributed by atoms with van der Waals surface area (Å²) in [6, 6.07) is 18.9. The van der Waals surface area contributed by atoms with Gasteiger partial charge in [-0.25, -0.2) is 9.18 Å². The van der Waals surface area contributed by atoms with Crippen LogP contribution in [0.2, 0.25) is 0 Å². The summed E-state index contributed by atoms with van der Waals surface area (Å²) in [6.45, 7) is 6.67. The zero-order valence-electron chi connectivity index (χ0n) is 18.0. The summed E-state index contributed by atoms with van der Waals surface area (Å²) in [5.74, 6) is -0.634. The van der Waals surface area contributed by atoms with Crippen LogP contribution in [0.3, 0.4) is 0 Å². The minimum absolute atomic E-state index is 0.121. The molecule has 1 heterocycles. The number of aryl methyl sites for hydroxylation is 1. The number of carbonyl (C=O) groups is 2. The van der Waals surface area contributed by atoms with Crippen LogP contribution in [-0.4, -0.2) is 34.8 Å². The Labute approximate surface area is 191 Å². The van der Waals surface area contributed by atoms with Crippen LogP contribution < -0.4 is 5.32 Å². The first-order valence-corrected chi connectivity index (χ1v) is 11.1. The zero-order valence-corrected chi connectivity index (χ0v) is 18.8. The quantitative estimate of drug-likeness (QED) is 0.440. The third-order valence-corrected chi connectivity index (χ3v) is 5.74. The van der Waals surface area contributed by atoms with Gasteiger partial charge in [-0.05, 0) is 42.8 Å². The van der Waals surface area contributed by atoms with Gasteiger partial charge in [0.25, 0.3) is 0 Å². The Morgan fingerprint density at radius 2 is 1.81 bits per heavy atom. The first-order valence-electron chi connectivity index (χ1n) is 10.2. The molecular weight excluding hydrogens is 425 g/mol. The minimum atomic E-state index is -0.490. The first-order chi connectivity index (χ1) is 15.4. The van der Waals surface area contributed by atoms with Crippen molar-refractivity contribution in [3.63, 3.8) is 0 Å². The van der Waals surface area contributed by atoms with E-state index < -0.39 is 11.8 Å². The fraction of sp³-hybridized carbons (Fsp3) is 0.200. The van der Waals surface area contributed by atoms with Gasteiger partial charge < -0.3 is 15.1 Å². The lowest BCUT2D eigenvalue weighted by Crippen LogP contribution is -2.44. The molecule has 0 aliphatic rings. The average molecular weight is 452 g/mol. The van der Waals surface area contributed by atoms with Gasteiger partial charge in [0.1, 0.15) is 12.4 Å². The maximum Gasteiger partial charge on any atom is 0.322 e. The molecule has 1 aromatic heterocycles. The van der Waals surface area contributed by atoms with Gasteiger partial charge >= 0.3 is 6.03 Å². The molecule has 0 saturated carbocycles. The summed E-state index contributed by atoms with van der Waals surface area (Å²) < 4.78 is 13.5. The number of nitrogens with zero attached hydrogens (tertiary/aromatic N) is 2. The lowest BCUT2D eigenvalue weighted by molar-refractivity contribution is -0.132. The predicted octanol–water partition coefficient (Wildman–Crippen LogP) is 5.44. The molecule has 0 saturated heterocycles. The van der Waals surface area contributed by atoms with E-state index in [4.69, 9.17) is 0 Å². The third kappa shape index (κ3) is 6.78. The highest BCUT2D eigenvalue weighted by molar-refractivity contribution is 7.11. The van der Waals surface area contributed by atoms with E-state index in [1.165, 1.54) is 28.0 Å². The van der Waals surface area contributed by atoms with Gasteiger partial charge in [0.05, 0.1) is 6.54 Å². The van der Waals surface area contributed by atoms with E-state index in [0.29, 0.717) is 18.8 Å². The van der Waals surface area contributed by atoms with Crippen LogP contribution in [0.25, 0.3) is 0 Å². The van der Waals surface area contributed by atoms with Gasteiger partial charge in [0.2, 0.25) is 5.91 Å². The predicted molar refractivity (Wildman–Crippen MR) is 127 cm³/mol. The smallest absolute Gasteiger partial charge is 0.322 e. The largest absolute Gasteiger partial charge is 0.332 e. The maximum atomic E-state index is 13.5. The van der Waals surface area contributed by atoms with Crippen molar-refractivity contribution in [3.05, 3.63) is 101 Å². The van der Waals surface area contributed by atoms with E-state index in [0.717, 1.165) is 10.4 Å². The molecule has 3 aromatic rings. The molecule has 0 atom stereocenters. The van der Waals surface area contributed by atoms with E-state index in [9.17, 15) is 14.0 Å². The highest BCUT2D eigenvalue weighted by atomic mass is 32.1. The van der Waals surface area contributed by atoms with Gasteiger partial charge in [-0.15, -0.1) is 17.9 Å². The standard InChI is InChI=1S/C25H26FN3O2S/c1-3-14-28(25(31)27-22-11-7-10-21(26)15-22)18-24(30)29(16-20-8-5-4-6-9-20)17-23-13-12-19(2)32-23/h3-13,15H,1,14,16-18H2,2H3,(H,27,31). The average Bonchev–Trinajstić information content (AvgIpc) is 3.18. The summed E-state index contributed by atoms with van der Waals surface area (Å²) in [5.41, 5.74) is 1.33. The van der Waals surface area contributed by atoms with Gasteiger partial charge in [-0.3, -0.25) is 4.79 Å². The molecule has 0 bridgehead atoms. The molecule has 32 heavy (non-hydrogen) atoms. The van der Waals surface area contributed by atoms with Crippen molar-refractivity contribution >= 4 is 29.0 Å². The second-order valence-corrected chi connectivity index (χ2v) is 8.73. The van der Waals surface area contributed by atoms with Crippen LogP contribution in [0.4, 0.5) is 14.9 Å². The second kappa shape index (κ2) is 11.2. The highest BCUT2D eigenvalue weighted by Gasteiger charge is 2.22. The molecule has 1 N–H and O–H groups in total. The molecule has 3 amide bonds. The summed E-state index contributed by atoms with van der Waals surface area (Å²) in [5, 5.41) is 2.65. The molecule has 0 radical (unpaired) electrons. The van der Waals surface area contributed by atoms with Crippen molar-refractivity contribution in [2.75, 3.05) is 18.4 Å². The Kier molecular flexibility index (Phi) is 8.16. The first kappa shape index (κ1) is 23.2. The lowest BCUT2D eigenvalue weighted by atomic mass is 10.2. The number of rotatable bonds is 9. The lowest BCUT2D eigenvalue weighted by Gasteiger charge is -2.27. The van der Waals surface area contributed by atoms with Crippen molar-refractivity contribution in [3.8, 4) is 0 Å². The molecule has 2 aromatic carbocycles. The SMILES string of the molecule is C=CCN(CC(=O)N(Cc1ccccc1)Cc1ccc(C)s1)C(=O)Nc1cccc(F)c1. The monoisotopic (exact) mass is 451 g/mol. The number of amides is 3. The third-order valence-electron chi connectivity index (χ3n) is 4.75. The molecule has 0 aliphatic heterocycles. The van der Waals surface area contributed by atoms with Gasteiger partial charge in [0, 0.05) is 28.5 Å². The molecule has 0 aliphatic carbocycles. The van der Waals surface area contributed by atoms with E-state index >= 15 is 0 Å². The Morgan fingerprint density at radius 1 is 1.03 bits per heavy atom. The Balaban J connectivity index is 1.74. The molecule has 7 heteroatoms. The fourth-order valence-electron chi connectivity index (χ4n) is 3.20. The zero-order chi connectivity index (χ0) is 22.9. The summed E-state index contributed by atoms with van der Waals surface area (Å²) >= 11 is 1.64. The van der Waals surface area contributed by atoms with E-state index in [1.807, 2.05) is 49.4 Å². The molecular formula is C25H26FN3O2S. The normalized spacial score (nSPS) is 10.4. The number of hydrogen-bond donors (Lipinski definition) is 1. The second-order valence-electron chi connectivity index (χ2n) is 7.36. The number of anilines is 1. The molecule has 0 unspecified atom stereocenters. The van der Waals surface area contributed by atoms with Gasteiger partial charge in [-0.1, -0.05) is 42.5 Å². The number of halogens is 1. The van der Waals surface area contributed by atoms with Gasteiger partial charge in [0.15, 0.2) is 0 Å². The Hall–Kier alpha value is -3.45. The van der Waals surface area contributed by atoms with Crippen LogP contribution >= 0.6 is 11.3 Å². The van der Waals surface area contributed by atoms with Crippen LogP contribution in [0, 0.1) is 12.7 Å². The summed E-state index contributed by atoms with van der Waals surface area (Å²) in [4.78, 5) is 31.4. The highest BCUT2D eigenvalue weighted by Crippen LogP contribution is 2.19. The minimum Gasteiger partial charge on any atom is -0.332 e. The molecule has 3 rings (SSSR count). The number of urea groups is 1.